The number of ether oxygens (including phenoxy) is 4. The summed E-state index contributed by atoms with van der Waals surface area (Å²) in [4.78, 5) is 12.1. The lowest BCUT2D eigenvalue weighted by molar-refractivity contribution is -0.227. The van der Waals surface area contributed by atoms with E-state index in [1.165, 1.54) is 0 Å². The number of aliphatic hydroxyl groups excluding tert-OH is 1. The average Bonchev–Trinajstić information content (AvgIpc) is 3.51. The van der Waals surface area contributed by atoms with Crippen molar-refractivity contribution in [2.75, 3.05) is 13.7 Å². The molecule has 1 N–H and O–H groups in total. The van der Waals surface area contributed by atoms with E-state index >= 15 is 0 Å². The van der Waals surface area contributed by atoms with Gasteiger partial charge in [-0.2, -0.15) is 0 Å². The zero-order valence-corrected chi connectivity index (χ0v) is 16.4. The van der Waals surface area contributed by atoms with Crippen LogP contribution >= 0.6 is 0 Å². The van der Waals surface area contributed by atoms with Gasteiger partial charge in [0.1, 0.15) is 23.9 Å². The van der Waals surface area contributed by atoms with Crippen LogP contribution in [-0.4, -0.2) is 59.9 Å². The highest BCUT2D eigenvalue weighted by Crippen LogP contribution is 2.76. The van der Waals surface area contributed by atoms with Gasteiger partial charge in [0, 0.05) is 24.5 Å². The predicted octanol–water partition coefficient (Wildman–Crippen LogP) is 1.74. The summed E-state index contributed by atoms with van der Waals surface area (Å²) in [5, 5.41) is 11.5. The fourth-order valence-corrected chi connectivity index (χ4v) is 7.70. The van der Waals surface area contributed by atoms with Crippen LogP contribution in [0.15, 0.2) is 11.1 Å². The summed E-state index contributed by atoms with van der Waals surface area (Å²) in [7, 11) is 1.76. The van der Waals surface area contributed by atoms with Crippen LogP contribution in [0.2, 0.25) is 0 Å². The second-order valence-electron chi connectivity index (χ2n) is 9.94. The van der Waals surface area contributed by atoms with Gasteiger partial charge in [-0.05, 0) is 36.7 Å². The Morgan fingerprint density at radius 2 is 2.04 bits per heavy atom. The Kier molecular flexibility index (Phi) is 2.90. The SMILES string of the molecule is CO[C@@]12C[C@@H]3O[C@]3(C(C)C)[C@@H](O)[C@@]13O[C@H]3C[C@H]1C3=C(CC[C@@]12C)C(=O)OC3. The largest absolute Gasteiger partial charge is 0.458 e. The highest BCUT2D eigenvalue weighted by molar-refractivity contribution is 5.92. The van der Waals surface area contributed by atoms with E-state index in [4.69, 9.17) is 18.9 Å². The lowest BCUT2D eigenvalue weighted by atomic mass is 9.44. The maximum Gasteiger partial charge on any atom is 0.334 e. The summed E-state index contributed by atoms with van der Waals surface area (Å²) < 4.78 is 24.3. The number of methoxy groups -OCH3 is 1. The first-order chi connectivity index (χ1) is 12.8. The first-order valence-corrected chi connectivity index (χ1v) is 10.3. The monoisotopic (exact) mass is 376 g/mol. The van der Waals surface area contributed by atoms with Gasteiger partial charge in [0.05, 0.1) is 12.2 Å². The molecule has 2 saturated heterocycles. The van der Waals surface area contributed by atoms with Gasteiger partial charge in [-0.3, -0.25) is 0 Å². The molecule has 0 amide bonds. The van der Waals surface area contributed by atoms with E-state index < -0.39 is 22.9 Å². The Morgan fingerprint density at radius 1 is 1.26 bits per heavy atom. The number of rotatable bonds is 2. The van der Waals surface area contributed by atoms with E-state index in [-0.39, 0.29) is 35.4 Å². The zero-order valence-electron chi connectivity index (χ0n) is 16.4. The maximum atomic E-state index is 12.1. The third-order valence-corrected chi connectivity index (χ3v) is 9.19. The van der Waals surface area contributed by atoms with Gasteiger partial charge >= 0.3 is 5.97 Å². The molecule has 27 heavy (non-hydrogen) atoms. The predicted molar refractivity (Wildman–Crippen MR) is 93.8 cm³/mol. The van der Waals surface area contributed by atoms with Crippen molar-refractivity contribution in [1.29, 1.82) is 0 Å². The molecule has 6 heteroatoms. The minimum atomic E-state index is -0.703. The standard InChI is InChI=1S/C21H28O6/c1-10(2)20-15(26-20)8-19(24-4)18(3)6-5-11-12(9-25-16(11)22)13(18)7-14-21(19,27-14)17(20)23/h10,13-15,17,23H,5-9H2,1-4H3/t13-,14-,15-,17+,18-,19+,20-,21+/m0/s1. The summed E-state index contributed by atoms with van der Waals surface area (Å²) in [5.74, 6) is 0.254. The minimum Gasteiger partial charge on any atom is -0.458 e. The topological polar surface area (TPSA) is 80.8 Å². The Bertz CT molecular complexity index is 790. The molecule has 148 valence electrons. The molecule has 3 aliphatic heterocycles. The van der Waals surface area contributed by atoms with Gasteiger partial charge in [0.15, 0.2) is 5.60 Å². The summed E-state index contributed by atoms with van der Waals surface area (Å²) in [5.41, 5.74) is -0.0420. The van der Waals surface area contributed by atoms with Crippen molar-refractivity contribution in [3.63, 3.8) is 0 Å². The smallest absolute Gasteiger partial charge is 0.334 e. The molecule has 4 fully saturated rings. The molecule has 0 radical (unpaired) electrons. The fraction of sp³-hybridized carbons (Fsp3) is 0.857. The third-order valence-electron chi connectivity index (χ3n) is 9.19. The van der Waals surface area contributed by atoms with Crippen LogP contribution in [0.3, 0.4) is 0 Å². The summed E-state index contributed by atoms with van der Waals surface area (Å²) in [6.07, 6.45) is 2.34. The van der Waals surface area contributed by atoms with E-state index in [1.54, 1.807) is 7.11 Å². The number of esters is 1. The van der Waals surface area contributed by atoms with Crippen molar-refractivity contribution < 1.29 is 28.8 Å². The molecule has 3 aliphatic carbocycles. The highest BCUT2D eigenvalue weighted by atomic mass is 16.7. The molecular formula is C21H28O6. The van der Waals surface area contributed by atoms with Crippen LogP contribution in [0.1, 0.15) is 46.5 Å². The van der Waals surface area contributed by atoms with E-state index in [0.717, 1.165) is 30.4 Å². The number of carbonyl (C=O) groups excluding carboxylic acids is 1. The van der Waals surface area contributed by atoms with Crippen molar-refractivity contribution in [2.45, 2.75) is 81.6 Å². The van der Waals surface area contributed by atoms with Crippen molar-refractivity contribution in [3.8, 4) is 0 Å². The Balaban J connectivity index is 1.50. The minimum absolute atomic E-state index is 0.00432. The van der Waals surface area contributed by atoms with Gasteiger partial charge < -0.3 is 24.1 Å². The molecule has 0 aromatic carbocycles. The molecule has 8 atom stereocenters. The Hall–Kier alpha value is -0.950. The zero-order chi connectivity index (χ0) is 19.0. The second kappa shape index (κ2) is 4.61. The first kappa shape index (κ1) is 17.0. The number of fused-ring (bicyclic) bond motifs is 4. The molecule has 0 aromatic heterocycles. The fourth-order valence-electron chi connectivity index (χ4n) is 7.70. The van der Waals surface area contributed by atoms with Crippen LogP contribution in [-0.2, 0) is 23.7 Å². The van der Waals surface area contributed by atoms with Crippen molar-refractivity contribution in [2.24, 2.45) is 17.3 Å². The van der Waals surface area contributed by atoms with E-state index in [1.807, 2.05) is 0 Å². The number of hydrogen-bond donors (Lipinski definition) is 1. The second-order valence-corrected chi connectivity index (χ2v) is 9.94. The number of cyclic esters (lactones) is 1. The van der Waals surface area contributed by atoms with E-state index in [9.17, 15) is 9.90 Å². The molecular weight excluding hydrogens is 348 g/mol. The Labute approximate surface area is 159 Å². The number of aliphatic hydroxyl groups is 1. The van der Waals surface area contributed by atoms with Gasteiger partial charge in [-0.1, -0.05) is 20.8 Å². The lowest BCUT2D eigenvalue weighted by Gasteiger charge is -2.61. The van der Waals surface area contributed by atoms with Crippen LogP contribution in [0.4, 0.5) is 0 Å². The number of epoxide rings is 2. The average molecular weight is 376 g/mol. The molecule has 3 heterocycles. The third kappa shape index (κ3) is 1.50. The summed E-state index contributed by atoms with van der Waals surface area (Å²) >= 11 is 0. The molecule has 6 aliphatic rings. The quantitative estimate of drug-likeness (QED) is 0.584. The molecule has 0 bridgehead atoms. The van der Waals surface area contributed by atoms with Gasteiger partial charge in [0.25, 0.3) is 0 Å². The highest BCUT2D eigenvalue weighted by Gasteiger charge is 2.91. The van der Waals surface area contributed by atoms with Crippen LogP contribution < -0.4 is 0 Å². The van der Waals surface area contributed by atoms with Gasteiger partial charge in [-0.15, -0.1) is 0 Å². The molecule has 1 spiro atoms. The number of carbonyl (C=O) groups is 1. The molecule has 0 unspecified atom stereocenters. The van der Waals surface area contributed by atoms with Crippen molar-refractivity contribution in [1.82, 2.24) is 0 Å². The first-order valence-electron chi connectivity index (χ1n) is 10.3. The van der Waals surface area contributed by atoms with E-state index in [0.29, 0.717) is 13.0 Å². The van der Waals surface area contributed by atoms with Gasteiger partial charge in [0.2, 0.25) is 0 Å². The van der Waals surface area contributed by atoms with Crippen LogP contribution in [0.5, 0.6) is 0 Å². The molecule has 0 aromatic rings. The summed E-state index contributed by atoms with van der Waals surface area (Å²) in [6, 6.07) is 0. The van der Waals surface area contributed by atoms with Crippen LogP contribution in [0, 0.1) is 17.3 Å². The van der Waals surface area contributed by atoms with Crippen molar-refractivity contribution in [3.05, 3.63) is 11.1 Å². The number of hydrogen-bond acceptors (Lipinski definition) is 6. The Morgan fingerprint density at radius 3 is 2.74 bits per heavy atom. The van der Waals surface area contributed by atoms with E-state index in [2.05, 4.69) is 20.8 Å². The summed E-state index contributed by atoms with van der Waals surface area (Å²) in [6.45, 7) is 6.89. The van der Waals surface area contributed by atoms with Crippen LogP contribution in [0.25, 0.3) is 0 Å². The molecule has 2 saturated carbocycles. The van der Waals surface area contributed by atoms with Crippen molar-refractivity contribution >= 4 is 5.97 Å². The maximum absolute atomic E-state index is 12.1. The van der Waals surface area contributed by atoms with Gasteiger partial charge in [-0.25, -0.2) is 4.79 Å². The lowest BCUT2D eigenvalue weighted by Crippen LogP contribution is -2.74. The normalized spacial score (nSPS) is 57.3. The molecule has 6 nitrogen and oxygen atoms in total. The molecule has 6 rings (SSSR count).